The maximum absolute atomic E-state index is 13.1. The van der Waals surface area contributed by atoms with Crippen molar-refractivity contribution in [3.63, 3.8) is 0 Å². The van der Waals surface area contributed by atoms with Gasteiger partial charge >= 0.3 is 39.5 Å². The molecule has 0 radical (unpaired) electrons. The van der Waals surface area contributed by atoms with Crippen molar-refractivity contribution in [1.82, 2.24) is 0 Å². The number of esters is 4. The highest BCUT2D eigenvalue weighted by atomic mass is 31.2. The van der Waals surface area contributed by atoms with E-state index in [1.165, 1.54) is 225 Å². The summed E-state index contributed by atoms with van der Waals surface area (Å²) >= 11 is 0. The molecule has 0 aromatic rings. The molecule has 570 valence electrons. The van der Waals surface area contributed by atoms with Crippen molar-refractivity contribution in [3.05, 3.63) is 0 Å². The number of carbonyl (C=O) groups is 4. The molecule has 0 fully saturated rings. The van der Waals surface area contributed by atoms with Crippen LogP contribution in [-0.4, -0.2) is 96.7 Å². The summed E-state index contributed by atoms with van der Waals surface area (Å²) in [7, 11) is -9.91. The number of aliphatic hydroxyl groups is 1. The van der Waals surface area contributed by atoms with Gasteiger partial charge in [0, 0.05) is 25.7 Å². The zero-order valence-electron chi connectivity index (χ0n) is 62.5. The molecule has 0 aliphatic carbocycles. The van der Waals surface area contributed by atoms with Crippen LogP contribution in [0, 0.1) is 5.92 Å². The van der Waals surface area contributed by atoms with Gasteiger partial charge < -0.3 is 33.8 Å². The SMILES string of the molecule is CCCCCCCCCCCCCCCCCCCCCC(=O)O[C@H](COC(=O)CCCCCCCCCCCCCCCCCCC)COP(=O)(O)OC[C@@H](O)COP(=O)(O)OC[C@@H](COC(=O)CCCCCCCCCC)OC(=O)CCCCCCCCCCC(C)CC. The van der Waals surface area contributed by atoms with Gasteiger partial charge in [0.15, 0.2) is 12.2 Å². The summed E-state index contributed by atoms with van der Waals surface area (Å²) in [6.07, 6.45) is 59.7. The topological polar surface area (TPSA) is 237 Å². The van der Waals surface area contributed by atoms with Crippen molar-refractivity contribution in [2.24, 2.45) is 5.92 Å². The average Bonchev–Trinajstić information content (AvgIpc) is 1.25. The van der Waals surface area contributed by atoms with Crippen molar-refractivity contribution < 1.29 is 80.2 Å². The van der Waals surface area contributed by atoms with Gasteiger partial charge in [-0.25, -0.2) is 9.13 Å². The smallest absolute Gasteiger partial charge is 0.462 e. The van der Waals surface area contributed by atoms with E-state index in [2.05, 4.69) is 34.6 Å². The van der Waals surface area contributed by atoms with E-state index in [0.717, 1.165) is 102 Å². The molecule has 17 nitrogen and oxygen atoms in total. The number of aliphatic hydroxyl groups excluding tert-OH is 1. The fourth-order valence-electron chi connectivity index (χ4n) is 11.8. The van der Waals surface area contributed by atoms with Crippen molar-refractivity contribution in [2.75, 3.05) is 39.6 Å². The number of unbranched alkanes of at least 4 members (excludes halogenated alkanes) is 48. The molecule has 0 bridgehead atoms. The monoisotopic (exact) mass is 1410 g/mol. The molecule has 0 saturated heterocycles. The van der Waals surface area contributed by atoms with Crippen LogP contribution in [0.4, 0.5) is 0 Å². The molecule has 0 saturated carbocycles. The van der Waals surface area contributed by atoms with Gasteiger partial charge in [-0.1, -0.05) is 356 Å². The molecule has 3 unspecified atom stereocenters. The number of ether oxygens (including phenoxy) is 4. The van der Waals surface area contributed by atoms with Gasteiger partial charge in [0.05, 0.1) is 26.4 Å². The second-order valence-corrected chi connectivity index (χ2v) is 30.9. The van der Waals surface area contributed by atoms with Crippen LogP contribution < -0.4 is 0 Å². The molecule has 0 spiro atoms. The minimum atomic E-state index is -4.96. The van der Waals surface area contributed by atoms with E-state index in [1.807, 2.05) is 0 Å². The summed E-state index contributed by atoms with van der Waals surface area (Å²) in [4.78, 5) is 72.8. The molecule has 0 aliphatic heterocycles. The summed E-state index contributed by atoms with van der Waals surface area (Å²) < 4.78 is 68.5. The van der Waals surface area contributed by atoms with Crippen LogP contribution in [0.2, 0.25) is 0 Å². The average molecular weight is 1410 g/mol. The lowest BCUT2D eigenvalue weighted by Gasteiger charge is -2.21. The highest BCUT2D eigenvalue weighted by Gasteiger charge is 2.30. The number of hydrogen-bond acceptors (Lipinski definition) is 15. The summed E-state index contributed by atoms with van der Waals surface area (Å²) in [5.74, 6) is -1.35. The molecule has 19 heteroatoms. The van der Waals surface area contributed by atoms with Crippen LogP contribution in [0.3, 0.4) is 0 Å². The third kappa shape index (κ3) is 69.2. The number of hydrogen-bond donors (Lipinski definition) is 3. The van der Waals surface area contributed by atoms with E-state index in [-0.39, 0.29) is 25.7 Å². The molecule has 0 aliphatic rings. The predicted molar refractivity (Wildman–Crippen MR) is 391 cm³/mol. The van der Waals surface area contributed by atoms with Crippen LogP contribution in [-0.2, 0) is 65.4 Å². The Kier molecular flexibility index (Phi) is 68.7. The predicted octanol–water partition coefficient (Wildman–Crippen LogP) is 22.9. The molecule has 0 amide bonds. The molecule has 3 N–H and O–H groups in total. The third-order valence-electron chi connectivity index (χ3n) is 18.4. The first-order chi connectivity index (χ1) is 46.6. The van der Waals surface area contributed by atoms with Gasteiger partial charge in [-0.05, 0) is 31.6 Å². The highest BCUT2D eigenvalue weighted by Crippen LogP contribution is 2.45. The van der Waals surface area contributed by atoms with Gasteiger partial charge in [-0.15, -0.1) is 0 Å². The van der Waals surface area contributed by atoms with Gasteiger partial charge in [-0.2, -0.15) is 0 Å². The molecule has 0 heterocycles. The summed E-state index contributed by atoms with van der Waals surface area (Å²) in [6, 6.07) is 0. The van der Waals surface area contributed by atoms with Crippen molar-refractivity contribution in [3.8, 4) is 0 Å². The Labute approximate surface area is 588 Å². The lowest BCUT2D eigenvalue weighted by Crippen LogP contribution is -2.30. The van der Waals surface area contributed by atoms with Crippen molar-refractivity contribution in [1.29, 1.82) is 0 Å². The number of phosphoric ester groups is 2. The first-order valence-electron chi connectivity index (χ1n) is 40.2. The Morgan fingerprint density at radius 2 is 0.500 bits per heavy atom. The number of carbonyl (C=O) groups excluding carboxylic acids is 4. The van der Waals surface area contributed by atoms with E-state index in [0.29, 0.717) is 25.7 Å². The quantitative estimate of drug-likeness (QED) is 0.0222. The molecule has 6 atom stereocenters. The van der Waals surface area contributed by atoms with Gasteiger partial charge in [0.25, 0.3) is 0 Å². The van der Waals surface area contributed by atoms with Gasteiger partial charge in [0.2, 0.25) is 0 Å². The zero-order chi connectivity index (χ0) is 70.5. The number of phosphoric acid groups is 2. The summed E-state index contributed by atoms with van der Waals surface area (Å²) in [6.45, 7) is 7.27. The standard InChI is InChI=1S/C77H150O17P2/c1-6-10-13-16-19-22-24-26-28-30-31-33-35-37-39-41-47-52-57-62-76(81)93-73(67-88-75(80)61-56-51-46-40-38-36-34-32-29-27-25-23-20-17-14-11-7-2)69-92-96(85,86)90-65-71(78)64-89-95(83,84)91-68-72(66-87-74(79)60-55-50-45-21-18-15-12-8-3)94-77(82)63-58-53-48-43-42-44-49-54-59-70(5)9-4/h70-73,78H,6-69H2,1-5H3,(H,83,84)(H,85,86)/t70?,71-,72+,73+/m0/s1. The van der Waals surface area contributed by atoms with E-state index < -0.39 is 97.5 Å². The first kappa shape index (κ1) is 94.1. The normalized spacial score (nSPS) is 14.2. The van der Waals surface area contributed by atoms with Crippen LogP contribution >= 0.6 is 15.6 Å². The van der Waals surface area contributed by atoms with E-state index in [1.54, 1.807) is 0 Å². The van der Waals surface area contributed by atoms with Crippen LogP contribution in [0.5, 0.6) is 0 Å². The van der Waals surface area contributed by atoms with Crippen molar-refractivity contribution >= 4 is 39.5 Å². The lowest BCUT2D eigenvalue weighted by molar-refractivity contribution is -0.161. The Hall–Kier alpha value is -1.94. The minimum Gasteiger partial charge on any atom is -0.462 e. The maximum Gasteiger partial charge on any atom is 0.472 e. The zero-order valence-corrected chi connectivity index (χ0v) is 64.3. The van der Waals surface area contributed by atoms with Gasteiger partial charge in [0.1, 0.15) is 19.3 Å². The summed E-state index contributed by atoms with van der Waals surface area (Å²) in [5.41, 5.74) is 0. The Bertz CT molecular complexity index is 1840. The Balaban J connectivity index is 5.20. The van der Waals surface area contributed by atoms with Crippen LogP contribution in [0.25, 0.3) is 0 Å². The molecule has 0 aromatic heterocycles. The van der Waals surface area contributed by atoms with E-state index >= 15 is 0 Å². The largest absolute Gasteiger partial charge is 0.472 e. The lowest BCUT2D eigenvalue weighted by atomic mass is 9.99. The molecular formula is C77H150O17P2. The second kappa shape index (κ2) is 70.1. The minimum absolute atomic E-state index is 0.105. The fraction of sp³-hybridized carbons (Fsp3) is 0.948. The third-order valence-corrected chi connectivity index (χ3v) is 20.3. The maximum atomic E-state index is 13.1. The van der Waals surface area contributed by atoms with E-state index in [4.69, 9.17) is 37.0 Å². The van der Waals surface area contributed by atoms with Crippen LogP contribution in [0.1, 0.15) is 407 Å². The Morgan fingerprint density at radius 1 is 0.292 bits per heavy atom. The van der Waals surface area contributed by atoms with Crippen molar-refractivity contribution in [2.45, 2.75) is 425 Å². The first-order valence-corrected chi connectivity index (χ1v) is 43.2. The molecule has 0 aromatic carbocycles. The molecule has 0 rings (SSSR count). The summed E-state index contributed by atoms with van der Waals surface area (Å²) in [5, 5.41) is 10.6. The molecular weight excluding hydrogens is 1260 g/mol. The number of rotatable bonds is 77. The van der Waals surface area contributed by atoms with E-state index in [9.17, 15) is 43.2 Å². The van der Waals surface area contributed by atoms with Gasteiger partial charge in [-0.3, -0.25) is 37.3 Å². The Morgan fingerprint density at radius 3 is 0.740 bits per heavy atom. The fourth-order valence-corrected chi connectivity index (χ4v) is 13.4. The second-order valence-electron chi connectivity index (χ2n) is 28.0. The van der Waals surface area contributed by atoms with Crippen LogP contribution in [0.15, 0.2) is 0 Å². The molecule has 96 heavy (non-hydrogen) atoms. The highest BCUT2D eigenvalue weighted by molar-refractivity contribution is 7.47.